The van der Waals surface area contributed by atoms with Crippen molar-refractivity contribution in [2.75, 3.05) is 25.0 Å². The zero-order valence-electron chi connectivity index (χ0n) is 13.8. The van der Waals surface area contributed by atoms with E-state index in [1.54, 1.807) is 0 Å². The normalized spacial score (nSPS) is 17.0. The summed E-state index contributed by atoms with van der Waals surface area (Å²) in [6.07, 6.45) is 3.11. The molecule has 3 heteroatoms. The van der Waals surface area contributed by atoms with Gasteiger partial charge in [-0.25, -0.2) is 0 Å². The van der Waals surface area contributed by atoms with Crippen molar-refractivity contribution in [1.82, 2.24) is 4.90 Å². The molecule has 0 atom stereocenters. The van der Waals surface area contributed by atoms with E-state index in [4.69, 9.17) is 0 Å². The first-order chi connectivity index (χ1) is 9.95. The van der Waals surface area contributed by atoms with Crippen LogP contribution in [-0.4, -0.2) is 30.4 Å². The number of amides is 1. The molecule has 0 saturated carbocycles. The van der Waals surface area contributed by atoms with Crippen LogP contribution in [0.5, 0.6) is 0 Å². The van der Waals surface area contributed by atoms with Crippen molar-refractivity contribution in [2.24, 2.45) is 5.92 Å². The Morgan fingerprint density at radius 1 is 1.19 bits per heavy atom. The van der Waals surface area contributed by atoms with E-state index in [0.717, 1.165) is 42.4 Å². The molecule has 0 aromatic heterocycles. The molecular weight excluding hydrogens is 260 g/mol. The second kappa shape index (κ2) is 7.08. The number of likely N-dealkylation sites (tertiary alicyclic amines) is 1. The smallest absolute Gasteiger partial charge is 0.225 e. The molecule has 116 valence electrons. The molecule has 0 aliphatic carbocycles. The van der Waals surface area contributed by atoms with E-state index in [-0.39, 0.29) is 5.91 Å². The van der Waals surface area contributed by atoms with Crippen LogP contribution >= 0.6 is 0 Å². The van der Waals surface area contributed by atoms with Gasteiger partial charge in [-0.2, -0.15) is 0 Å². The van der Waals surface area contributed by atoms with E-state index in [1.807, 2.05) is 0 Å². The second-order valence-corrected chi connectivity index (χ2v) is 6.60. The van der Waals surface area contributed by atoms with E-state index >= 15 is 0 Å². The number of benzene rings is 1. The minimum Gasteiger partial charge on any atom is -0.326 e. The largest absolute Gasteiger partial charge is 0.326 e. The first kappa shape index (κ1) is 16.0. The van der Waals surface area contributed by atoms with E-state index < -0.39 is 0 Å². The van der Waals surface area contributed by atoms with Crippen LogP contribution in [0.4, 0.5) is 5.69 Å². The molecule has 1 saturated heterocycles. The lowest BCUT2D eigenvalue weighted by Gasteiger charge is -2.29. The summed E-state index contributed by atoms with van der Waals surface area (Å²) >= 11 is 0. The Hall–Kier alpha value is -1.35. The maximum atomic E-state index is 12.2. The molecule has 1 aliphatic heterocycles. The molecule has 1 heterocycles. The van der Waals surface area contributed by atoms with Gasteiger partial charge in [0.05, 0.1) is 0 Å². The summed E-state index contributed by atoms with van der Waals surface area (Å²) in [6.45, 7) is 11.7. The number of nitrogens with one attached hydrogen (secondary N) is 1. The third-order valence-electron chi connectivity index (χ3n) is 4.47. The van der Waals surface area contributed by atoms with Crippen molar-refractivity contribution >= 4 is 11.6 Å². The standard InChI is InChI=1S/C18H28N2O/c1-13-5-8-20(9-6-13)10-7-17(21)19-18-15(3)11-14(2)12-16(18)4/h11-13H,5-10H2,1-4H3,(H,19,21). The Labute approximate surface area is 128 Å². The number of aryl methyl sites for hydroxylation is 3. The molecule has 0 radical (unpaired) electrons. The maximum absolute atomic E-state index is 12.2. The van der Waals surface area contributed by atoms with Gasteiger partial charge in [-0.15, -0.1) is 0 Å². The Bertz CT molecular complexity index is 479. The zero-order valence-corrected chi connectivity index (χ0v) is 13.8. The highest BCUT2D eigenvalue weighted by atomic mass is 16.1. The van der Waals surface area contributed by atoms with Crippen LogP contribution < -0.4 is 5.32 Å². The molecule has 1 amide bonds. The summed E-state index contributed by atoms with van der Waals surface area (Å²) < 4.78 is 0. The van der Waals surface area contributed by atoms with E-state index in [0.29, 0.717) is 6.42 Å². The van der Waals surface area contributed by atoms with Crippen LogP contribution in [0.25, 0.3) is 0 Å². The molecule has 1 aromatic rings. The van der Waals surface area contributed by atoms with Crippen LogP contribution in [0.2, 0.25) is 0 Å². The van der Waals surface area contributed by atoms with Crippen LogP contribution in [0.15, 0.2) is 12.1 Å². The van der Waals surface area contributed by atoms with Gasteiger partial charge in [0.25, 0.3) is 0 Å². The fraction of sp³-hybridized carbons (Fsp3) is 0.611. The highest BCUT2D eigenvalue weighted by molar-refractivity contribution is 5.92. The average molecular weight is 288 g/mol. The van der Waals surface area contributed by atoms with Gasteiger partial charge in [0.15, 0.2) is 0 Å². The number of hydrogen-bond acceptors (Lipinski definition) is 2. The van der Waals surface area contributed by atoms with Gasteiger partial charge in [0, 0.05) is 18.7 Å². The molecular formula is C18H28N2O. The van der Waals surface area contributed by atoms with Crippen LogP contribution in [0.1, 0.15) is 42.9 Å². The lowest BCUT2D eigenvalue weighted by atomic mass is 9.99. The van der Waals surface area contributed by atoms with Crippen LogP contribution in [-0.2, 0) is 4.79 Å². The summed E-state index contributed by atoms with van der Waals surface area (Å²) in [4.78, 5) is 14.6. The monoisotopic (exact) mass is 288 g/mol. The third kappa shape index (κ3) is 4.57. The Morgan fingerprint density at radius 2 is 1.76 bits per heavy atom. The Balaban J connectivity index is 1.85. The predicted octanol–water partition coefficient (Wildman–Crippen LogP) is 3.67. The summed E-state index contributed by atoms with van der Waals surface area (Å²) in [5.74, 6) is 0.969. The van der Waals surface area contributed by atoms with Crippen molar-refractivity contribution < 1.29 is 4.79 Å². The van der Waals surface area contributed by atoms with Crippen molar-refractivity contribution in [1.29, 1.82) is 0 Å². The fourth-order valence-electron chi connectivity index (χ4n) is 3.12. The molecule has 0 spiro atoms. The Kier molecular flexibility index (Phi) is 5.40. The first-order valence-corrected chi connectivity index (χ1v) is 8.05. The van der Waals surface area contributed by atoms with Gasteiger partial charge in [0.1, 0.15) is 0 Å². The van der Waals surface area contributed by atoms with Crippen molar-refractivity contribution in [3.05, 3.63) is 28.8 Å². The lowest BCUT2D eigenvalue weighted by molar-refractivity contribution is -0.116. The summed E-state index contributed by atoms with van der Waals surface area (Å²) in [5.41, 5.74) is 4.52. The van der Waals surface area contributed by atoms with Crippen LogP contribution in [0, 0.1) is 26.7 Å². The van der Waals surface area contributed by atoms with Gasteiger partial charge in [-0.3, -0.25) is 4.79 Å². The Morgan fingerprint density at radius 3 is 2.33 bits per heavy atom. The number of rotatable bonds is 4. The highest BCUT2D eigenvalue weighted by Crippen LogP contribution is 2.22. The van der Waals surface area contributed by atoms with Crippen molar-refractivity contribution in [3.63, 3.8) is 0 Å². The summed E-state index contributed by atoms with van der Waals surface area (Å²) in [6, 6.07) is 4.24. The number of piperidine rings is 1. The van der Waals surface area contributed by atoms with Gasteiger partial charge in [0.2, 0.25) is 5.91 Å². The summed E-state index contributed by atoms with van der Waals surface area (Å²) in [7, 11) is 0. The van der Waals surface area contributed by atoms with E-state index in [1.165, 1.54) is 18.4 Å². The number of nitrogens with zero attached hydrogens (tertiary/aromatic N) is 1. The highest BCUT2D eigenvalue weighted by Gasteiger charge is 2.16. The molecule has 0 unspecified atom stereocenters. The maximum Gasteiger partial charge on any atom is 0.225 e. The van der Waals surface area contributed by atoms with Gasteiger partial charge < -0.3 is 10.2 Å². The molecule has 1 N–H and O–H groups in total. The van der Waals surface area contributed by atoms with Gasteiger partial charge >= 0.3 is 0 Å². The number of hydrogen-bond donors (Lipinski definition) is 1. The van der Waals surface area contributed by atoms with E-state index in [9.17, 15) is 4.79 Å². The fourth-order valence-corrected chi connectivity index (χ4v) is 3.12. The van der Waals surface area contributed by atoms with Crippen molar-refractivity contribution in [2.45, 2.75) is 47.0 Å². The van der Waals surface area contributed by atoms with E-state index in [2.05, 4.69) is 50.0 Å². The minimum absolute atomic E-state index is 0.128. The average Bonchev–Trinajstić information content (AvgIpc) is 2.42. The number of carbonyl (C=O) groups is 1. The quantitative estimate of drug-likeness (QED) is 0.916. The number of anilines is 1. The van der Waals surface area contributed by atoms with Gasteiger partial charge in [-0.1, -0.05) is 24.6 Å². The minimum atomic E-state index is 0.128. The SMILES string of the molecule is Cc1cc(C)c(NC(=O)CCN2CCC(C)CC2)c(C)c1. The summed E-state index contributed by atoms with van der Waals surface area (Å²) in [5, 5.41) is 3.09. The molecule has 1 aromatic carbocycles. The molecule has 1 aliphatic rings. The number of carbonyl (C=O) groups excluding carboxylic acids is 1. The second-order valence-electron chi connectivity index (χ2n) is 6.60. The molecule has 3 nitrogen and oxygen atoms in total. The molecule has 21 heavy (non-hydrogen) atoms. The molecule has 1 fully saturated rings. The third-order valence-corrected chi connectivity index (χ3v) is 4.47. The lowest BCUT2D eigenvalue weighted by Crippen LogP contribution is -2.35. The predicted molar refractivity (Wildman–Crippen MR) is 88.7 cm³/mol. The molecule has 0 bridgehead atoms. The van der Waals surface area contributed by atoms with Crippen LogP contribution in [0.3, 0.4) is 0 Å². The molecule has 2 rings (SSSR count). The van der Waals surface area contributed by atoms with Crippen molar-refractivity contribution in [3.8, 4) is 0 Å². The van der Waals surface area contributed by atoms with Gasteiger partial charge in [-0.05, 0) is 63.7 Å². The topological polar surface area (TPSA) is 32.3 Å². The first-order valence-electron chi connectivity index (χ1n) is 8.05. The zero-order chi connectivity index (χ0) is 15.4.